The topological polar surface area (TPSA) is 20.2 Å². The molecule has 2 unspecified atom stereocenters. The molecule has 1 aromatic rings. The van der Waals surface area contributed by atoms with Gasteiger partial charge in [-0.3, -0.25) is 0 Å². The van der Waals surface area contributed by atoms with E-state index in [4.69, 9.17) is 0 Å². The van der Waals surface area contributed by atoms with Crippen LogP contribution in [0.5, 0.6) is 5.75 Å². The molecule has 0 radical (unpaired) electrons. The van der Waals surface area contributed by atoms with Gasteiger partial charge in [0.05, 0.1) is 0 Å². The first-order valence-corrected chi connectivity index (χ1v) is 14.7. The van der Waals surface area contributed by atoms with Crippen molar-refractivity contribution in [2.75, 3.05) is 11.5 Å². The average Bonchev–Trinajstić information content (AvgIpc) is 2.73. The standard InChI is InChI=1S/C27H48OS2/c1-6-8-10-12-14-16-18-29-23(4)25-20-22(3)27(28)26(21-25)24(5)30-19-17-15-13-11-9-7-2/h20-21,23-24,28H,6-19H2,1-5H3. The molecule has 1 aromatic carbocycles. The third-order valence-electron chi connectivity index (χ3n) is 5.99. The highest BCUT2D eigenvalue weighted by atomic mass is 32.2. The second-order valence-corrected chi connectivity index (χ2v) is 11.7. The number of unbranched alkanes of at least 4 members (excludes halogenated alkanes) is 10. The van der Waals surface area contributed by atoms with Crippen LogP contribution in [0.1, 0.15) is 132 Å². The monoisotopic (exact) mass is 452 g/mol. The first-order chi connectivity index (χ1) is 14.5. The van der Waals surface area contributed by atoms with Crippen molar-refractivity contribution < 1.29 is 5.11 Å². The number of hydrogen-bond acceptors (Lipinski definition) is 3. The summed E-state index contributed by atoms with van der Waals surface area (Å²) in [4.78, 5) is 0. The molecule has 0 spiro atoms. The third-order valence-corrected chi connectivity index (χ3v) is 8.57. The molecule has 0 aliphatic heterocycles. The summed E-state index contributed by atoms with van der Waals surface area (Å²) in [6, 6.07) is 4.48. The molecule has 0 bridgehead atoms. The molecule has 1 nitrogen and oxygen atoms in total. The van der Waals surface area contributed by atoms with E-state index in [1.807, 2.05) is 11.8 Å². The number of rotatable bonds is 18. The Morgan fingerprint density at radius 1 is 0.700 bits per heavy atom. The molecule has 174 valence electrons. The summed E-state index contributed by atoms with van der Waals surface area (Å²) in [5.41, 5.74) is 3.54. The molecule has 0 aliphatic rings. The van der Waals surface area contributed by atoms with Gasteiger partial charge in [-0.05, 0) is 62.3 Å². The normalized spacial score (nSPS) is 13.5. The fraction of sp³-hybridized carbons (Fsp3) is 0.778. The Hall–Kier alpha value is -0.280. The number of phenols is 1. The molecule has 30 heavy (non-hydrogen) atoms. The van der Waals surface area contributed by atoms with Gasteiger partial charge in [0.25, 0.3) is 0 Å². The van der Waals surface area contributed by atoms with E-state index in [2.05, 4.69) is 58.5 Å². The zero-order valence-corrected chi connectivity index (χ0v) is 22.1. The zero-order chi connectivity index (χ0) is 22.2. The van der Waals surface area contributed by atoms with Crippen molar-refractivity contribution in [3.63, 3.8) is 0 Å². The Kier molecular flexibility index (Phi) is 16.0. The summed E-state index contributed by atoms with van der Waals surface area (Å²) < 4.78 is 0. The lowest BCUT2D eigenvalue weighted by Crippen LogP contribution is -1.98. The van der Waals surface area contributed by atoms with Gasteiger partial charge in [-0.1, -0.05) is 84.1 Å². The van der Waals surface area contributed by atoms with E-state index in [0.29, 0.717) is 16.2 Å². The Morgan fingerprint density at radius 2 is 1.17 bits per heavy atom. The maximum Gasteiger partial charge on any atom is 0.122 e. The molecular weight excluding hydrogens is 404 g/mol. The fourth-order valence-corrected chi connectivity index (χ4v) is 5.99. The molecule has 0 aliphatic carbocycles. The Bertz CT molecular complexity index is 558. The van der Waals surface area contributed by atoms with Crippen molar-refractivity contribution >= 4 is 23.5 Å². The minimum absolute atomic E-state index is 0.357. The predicted molar refractivity (Wildman–Crippen MR) is 141 cm³/mol. The van der Waals surface area contributed by atoms with Gasteiger partial charge in [0.15, 0.2) is 0 Å². The molecule has 0 aromatic heterocycles. The summed E-state index contributed by atoms with van der Waals surface area (Å²) in [5, 5.41) is 11.5. The fourth-order valence-electron chi connectivity index (χ4n) is 3.85. The Labute approximate surface area is 196 Å². The Balaban J connectivity index is 2.47. The second kappa shape index (κ2) is 17.3. The summed E-state index contributed by atoms with van der Waals surface area (Å²) >= 11 is 4.07. The first kappa shape index (κ1) is 27.8. The lowest BCUT2D eigenvalue weighted by atomic mass is 10.0. The lowest BCUT2D eigenvalue weighted by Gasteiger charge is -2.19. The number of phenolic OH excluding ortho intramolecular Hbond substituents is 1. The minimum atomic E-state index is 0.357. The van der Waals surface area contributed by atoms with E-state index in [1.54, 1.807) is 0 Å². The Morgan fingerprint density at radius 3 is 1.70 bits per heavy atom. The molecule has 0 fully saturated rings. The van der Waals surface area contributed by atoms with Crippen LogP contribution in [0.3, 0.4) is 0 Å². The van der Waals surface area contributed by atoms with Crippen LogP contribution in [-0.4, -0.2) is 16.6 Å². The summed E-state index contributed by atoms with van der Waals surface area (Å²) in [7, 11) is 0. The van der Waals surface area contributed by atoms with E-state index in [0.717, 1.165) is 11.1 Å². The van der Waals surface area contributed by atoms with Crippen LogP contribution in [0.25, 0.3) is 0 Å². The van der Waals surface area contributed by atoms with Gasteiger partial charge >= 0.3 is 0 Å². The SMILES string of the molecule is CCCCCCCCSC(C)c1cc(C)c(O)c(C(C)SCCCCCCCC)c1. The highest BCUT2D eigenvalue weighted by molar-refractivity contribution is 7.99. The van der Waals surface area contributed by atoms with Crippen LogP contribution < -0.4 is 0 Å². The number of benzene rings is 1. The van der Waals surface area contributed by atoms with E-state index in [1.165, 1.54) is 94.1 Å². The highest BCUT2D eigenvalue weighted by Crippen LogP contribution is 2.40. The molecule has 0 saturated carbocycles. The molecule has 2 atom stereocenters. The van der Waals surface area contributed by atoms with Gasteiger partial charge in [-0.15, -0.1) is 0 Å². The van der Waals surface area contributed by atoms with Crippen LogP contribution in [0.15, 0.2) is 12.1 Å². The van der Waals surface area contributed by atoms with Gasteiger partial charge < -0.3 is 5.11 Å². The van der Waals surface area contributed by atoms with Crippen molar-refractivity contribution in [2.45, 2.75) is 122 Å². The van der Waals surface area contributed by atoms with Crippen molar-refractivity contribution in [2.24, 2.45) is 0 Å². The third kappa shape index (κ3) is 11.4. The maximum absolute atomic E-state index is 10.7. The van der Waals surface area contributed by atoms with E-state index >= 15 is 0 Å². The number of thioether (sulfide) groups is 2. The summed E-state index contributed by atoms with van der Waals surface area (Å²) in [5.74, 6) is 2.94. The minimum Gasteiger partial charge on any atom is -0.507 e. The molecule has 3 heteroatoms. The molecule has 1 rings (SSSR count). The van der Waals surface area contributed by atoms with Crippen molar-refractivity contribution in [3.05, 3.63) is 28.8 Å². The zero-order valence-electron chi connectivity index (χ0n) is 20.5. The highest BCUT2D eigenvalue weighted by Gasteiger charge is 2.17. The first-order valence-electron chi connectivity index (χ1n) is 12.6. The van der Waals surface area contributed by atoms with Crippen LogP contribution in [0, 0.1) is 6.92 Å². The van der Waals surface area contributed by atoms with Crippen molar-refractivity contribution in [1.29, 1.82) is 0 Å². The van der Waals surface area contributed by atoms with Gasteiger partial charge in [0, 0.05) is 16.1 Å². The van der Waals surface area contributed by atoms with Crippen LogP contribution >= 0.6 is 23.5 Å². The van der Waals surface area contributed by atoms with Crippen molar-refractivity contribution in [3.8, 4) is 5.75 Å². The van der Waals surface area contributed by atoms with Gasteiger partial charge in [0.2, 0.25) is 0 Å². The van der Waals surface area contributed by atoms with Gasteiger partial charge in [0.1, 0.15) is 5.75 Å². The lowest BCUT2D eigenvalue weighted by molar-refractivity contribution is 0.464. The quantitative estimate of drug-likeness (QED) is 0.224. The molecule has 0 amide bonds. The predicted octanol–water partition coefficient (Wildman–Crippen LogP) is 10.0. The largest absolute Gasteiger partial charge is 0.507 e. The summed E-state index contributed by atoms with van der Waals surface area (Å²) in [6.07, 6.45) is 16.3. The van der Waals surface area contributed by atoms with E-state index < -0.39 is 0 Å². The van der Waals surface area contributed by atoms with Crippen LogP contribution in [-0.2, 0) is 0 Å². The van der Waals surface area contributed by atoms with Crippen LogP contribution in [0.4, 0.5) is 0 Å². The smallest absolute Gasteiger partial charge is 0.122 e. The van der Waals surface area contributed by atoms with E-state index in [-0.39, 0.29) is 0 Å². The summed E-state index contributed by atoms with van der Waals surface area (Å²) in [6.45, 7) is 11.2. The molecule has 0 saturated heterocycles. The van der Waals surface area contributed by atoms with E-state index in [9.17, 15) is 5.11 Å². The number of aryl methyl sites for hydroxylation is 1. The number of hydrogen-bond donors (Lipinski definition) is 1. The van der Waals surface area contributed by atoms with Gasteiger partial charge in [-0.2, -0.15) is 23.5 Å². The average molecular weight is 453 g/mol. The molecule has 1 N–H and O–H groups in total. The second-order valence-electron chi connectivity index (χ2n) is 8.84. The van der Waals surface area contributed by atoms with Gasteiger partial charge in [-0.25, -0.2) is 0 Å². The number of aromatic hydroxyl groups is 1. The molecule has 0 heterocycles. The molecular formula is C27H48OS2. The maximum atomic E-state index is 10.7. The van der Waals surface area contributed by atoms with Crippen LogP contribution in [0.2, 0.25) is 0 Å². The van der Waals surface area contributed by atoms with Crippen molar-refractivity contribution in [1.82, 2.24) is 0 Å².